The lowest BCUT2D eigenvalue weighted by Gasteiger charge is -2.18. The van der Waals surface area contributed by atoms with Crippen molar-refractivity contribution in [2.24, 2.45) is 5.73 Å². The minimum atomic E-state index is 0.533. The van der Waals surface area contributed by atoms with E-state index in [0.717, 1.165) is 33.7 Å². The van der Waals surface area contributed by atoms with Crippen LogP contribution in [0.15, 0.2) is 12.1 Å². The second-order valence-electron chi connectivity index (χ2n) is 3.97. The van der Waals surface area contributed by atoms with E-state index in [1.807, 2.05) is 19.1 Å². The van der Waals surface area contributed by atoms with Crippen molar-refractivity contribution in [3.63, 3.8) is 0 Å². The number of aromatic nitrogens is 1. The van der Waals surface area contributed by atoms with E-state index in [1.54, 1.807) is 0 Å². The highest BCUT2D eigenvalue weighted by molar-refractivity contribution is 5.88. The molecule has 2 aromatic rings. The Balaban J connectivity index is 2.27. The van der Waals surface area contributed by atoms with Crippen LogP contribution in [0.4, 0.5) is 0 Å². The molecule has 16 heavy (non-hydrogen) atoms. The maximum atomic E-state index is 5.75. The molecule has 1 aliphatic rings. The summed E-state index contributed by atoms with van der Waals surface area (Å²) in [5, 5.41) is 1.13. The topological polar surface area (TPSA) is 60.3 Å². The lowest BCUT2D eigenvalue weighted by atomic mass is 10.1. The van der Waals surface area contributed by atoms with Crippen LogP contribution in [0.25, 0.3) is 10.9 Å². The van der Waals surface area contributed by atoms with Gasteiger partial charge in [0.1, 0.15) is 13.2 Å². The van der Waals surface area contributed by atoms with Crippen molar-refractivity contribution in [2.45, 2.75) is 13.5 Å². The molecule has 1 aromatic heterocycles. The Labute approximate surface area is 93.3 Å². The highest BCUT2D eigenvalue weighted by Crippen LogP contribution is 2.36. The Morgan fingerprint density at radius 1 is 1.25 bits per heavy atom. The molecule has 0 bridgehead atoms. The molecule has 0 fully saturated rings. The van der Waals surface area contributed by atoms with Crippen LogP contribution in [0.1, 0.15) is 11.3 Å². The van der Waals surface area contributed by atoms with Gasteiger partial charge in [-0.15, -0.1) is 0 Å². The summed E-state index contributed by atoms with van der Waals surface area (Å²) < 4.78 is 11.1. The number of fused-ring (bicyclic) bond motifs is 2. The summed E-state index contributed by atoms with van der Waals surface area (Å²) in [7, 11) is 0. The van der Waals surface area contributed by atoms with Crippen LogP contribution in [0.5, 0.6) is 11.5 Å². The van der Waals surface area contributed by atoms with E-state index < -0.39 is 0 Å². The largest absolute Gasteiger partial charge is 0.486 e. The predicted molar refractivity (Wildman–Crippen MR) is 61.9 cm³/mol. The SMILES string of the molecule is Cc1[nH]c2cc3c(cc2c1CN)OCCO3. The van der Waals surface area contributed by atoms with E-state index in [2.05, 4.69) is 4.98 Å². The molecule has 0 atom stereocenters. The molecule has 3 rings (SSSR count). The maximum absolute atomic E-state index is 5.75. The third-order valence-corrected chi connectivity index (χ3v) is 2.99. The number of hydrogen-bond acceptors (Lipinski definition) is 3. The first kappa shape index (κ1) is 9.54. The van der Waals surface area contributed by atoms with E-state index >= 15 is 0 Å². The molecule has 1 aromatic carbocycles. The van der Waals surface area contributed by atoms with Gasteiger partial charge in [0.2, 0.25) is 0 Å². The molecule has 0 spiro atoms. The van der Waals surface area contributed by atoms with E-state index in [4.69, 9.17) is 15.2 Å². The Hall–Kier alpha value is -1.68. The summed E-state index contributed by atoms with van der Waals surface area (Å²) in [6.07, 6.45) is 0. The van der Waals surface area contributed by atoms with E-state index in [9.17, 15) is 0 Å². The van der Waals surface area contributed by atoms with Gasteiger partial charge < -0.3 is 20.2 Å². The normalized spacial score (nSPS) is 14.4. The molecule has 4 nitrogen and oxygen atoms in total. The predicted octanol–water partition coefficient (Wildman–Crippen LogP) is 1.71. The highest BCUT2D eigenvalue weighted by atomic mass is 16.6. The zero-order valence-corrected chi connectivity index (χ0v) is 9.17. The highest BCUT2D eigenvalue weighted by Gasteiger charge is 2.15. The lowest BCUT2D eigenvalue weighted by molar-refractivity contribution is 0.172. The summed E-state index contributed by atoms with van der Waals surface area (Å²) >= 11 is 0. The van der Waals surface area contributed by atoms with Gasteiger partial charge in [-0.2, -0.15) is 0 Å². The van der Waals surface area contributed by atoms with Crippen LogP contribution in [0, 0.1) is 6.92 Å². The van der Waals surface area contributed by atoms with Crippen molar-refractivity contribution in [1.82, 2.24) is 4.98 Å². The van der Waals surface area contributed by atoms with Gasteiger partial charge in [-0.1, -0.05) is 0 Å². The Morgan fingerprint density at radius 2 is 1.94 bits per heavy atom. The number of rotatable bonds is 1. The zero-order chi connectivity index (χ0) is 11.1. The van der Waals surface area contributed by atoms with Gasteiger partial charge in [-0.3, -0.25) is 0 Å². The van der Waals surface area contributed by atoms with Crippen LogP contribution in [0.2, 0.25) is 0 Å². The second-order valence-corrected chi connectivity index (χ2v) is 3.97. The number of aryl methyl sites for hydroxylation is 1. The molecule has 84 valence electrons. The summed E-state index contributed by atoms with van der Waals surface area (Å²) in [4.78, 5) is 3.31. The third kappa shape index (κ3) is 1.27. The molecule has 0 aliphatic carbocycles. The average molecular weight is 218 g/mol. The van der Waals surface area contributed by atoms with Gasteiger partial charge in [-0.25, -0.2) is 0 Å². The van der Waals surface area contributed by atoms with E-state index in [-0.39, 0.29) is 0 Å². The fourth-order valence-electron chi connectivity index (χ4n) is 2.18. The monoisotopic (exact) mass is 218 g/mol. The van der Waals surface area contributed by atoms with Crippen LogP contribution >= 0.6 is 0 Å². The van der Waals surface area contributed by atoms with Crippen molar-refractivity contribution < 1.29 is 9.47 Å². The van der Waals surface area contributed by atoms with Crippen molar-refractivity contribution in [3.05, 3.63) is 23.4 Å². The van der Waals surface area contributed by atoms with Crippen molar-refractivity contribution in [1.29, 1.82) is 0 Å². The standard InChI is InChI=1S/C12H14N2O2/c1-7-9(6-13)8-4-11-12(5-10(8)14-7)16-3-2-15-11/h4-5,14H,2-3,6,13H2,1H3. The minimum absolute atomic E-state index is 0.533. The summed E-state index contributed by atoms with van der Waals surface area (Å²) in [5.74, 6) is 1.62. The Kier molecular flexibility index (Phi) is 2.04. The molecule has 3 N–H and O–H groups in total. The fourth-order valence-corrected chi connectivity index (χ4v) is 2.18. The second kappa shape index (κ2) is 3.42. The van der Waals surface area contributed by atoms with Gasteiger partial charge in [0.25, 0.3) is 0 Å². The Morgan fingerprint density at radius 3 is 2.62 bits per heavy atom. The fraction of sp³-hybridized carbons (Fsp3) is 0.333. The number of ether oxygens (including phenoxy) is 2. The Bertz CT molecular complexity index is 545. The number of nitrogens with one attached hydrogen (secondary N) is 1. The quantitative estimate of drug-likeness (QED) is 0.766. The van der Waals surface area contributed by atoms with E-state index in [1.165, 1.54) is 0 Å². The molecule has 1 aliphatic heterocycles. The third-order valence-electron chi connectivity index (χ3n) is 2.99. The van der Waals surface area contributed by atoms with Gasteiger partial charge in [0, 0.05) is 29.2 Å². The smallest absolute Gasteiger partial charge is 0.163 e. The maximum Gasteiger partial charge on any atom is 0.163 e. The molecule has 4 heteroatoms. The number of H-pyrrole nitrogens is 1. The first-order valence-electron chi connectivity index (χ1n) is 5.40. The summed E-state index contributed by atoms with van der Waals surface area (Å²) in [6.45, 7) is 3.79. The van der Waals surface area contributed by atoms with Crippen LogP contribution in [-0.2, 0) is 6.54 Å². The molecule has 0 amide bonds. The van der Waals surface area contributed by atoms with Gasteiger partial charge >= 0.3 is 0 Å². The zero-order valence-electron chi connectivity index (χ0n) is 9.17. The number of aromatic amines is 1. The molecule has 0 saturated heterocycles. The van der Waals surface area contributed by atoms with Crippen LogP contribution in [-0.4, -0.2) is 18.2 Å². The average Bonchev–Trinajstić information content (AvgIpc) is 2.60. The molecule has 0 unspecified atom stereocenters. The number of benzene rings is 1. The van der Waals surface area contributed by atoms with Crippen molar-refractivity contribution in [2.75, 3.05) is 13.2 Å². The first-order valence-corrected chi connectivity index (χ1v) is 5.40. The minimum Gasteiger partial charge on any atom is -0.486 e. The lowest BCUT2D eigenvalue weighted by Crippen LogP contribution is -2.15. The summed E-state index contributed by atoms with van der Waals surface area (Å²) in [5.41, 5.74) is 9.06. The number of nitrogens with two attached hydrogens (primary N) is 1. The molecular formula is C12H14N2O2. The van der Waals surface area contributed by atoms with Crippen molar-refractivity contribution >= 4 is 10.9 Å². The van der Waals surface area contributed by atoms with E-state index in [0.29, 0.717) is 19.8 Å². The first-order chi connectivity index (χ1) is 7.79. The van der Waals surface area contributed by atoms with Gasteiger partial charge in [0.05, 0.1) is 0 Å². The van der Waals surface area contributed by atoms with Crippen LogP contribution < -0.4 is 15.2 Å². The molecule has 0 radical (unpaired) electrons. The molecular weight excluding hydrogens is 204 g/mol. The van der Waals surface area contributed by atoms with Crippen LogP contribution in [0.3, 0.4) is 0 Å². The summed E-state index contributed by atoms with van der Waals surface area (Å²) in [6, 6.07) is 3.99. The molecule has 0 saturated carbocycles. The van der Waals surface area contributed by atoms with Crippen molar-refractivity contribution in [3.8, 4) is 11.5 Å². The number of hydrogen-bond donors (Lipinski definition) is 2. The van der Waals surface area contributed by atoms with Gasteiger partial charge in [-0.05, 0) is 18.6 Å². The molecule has 2 heterocycles. The van der Waals surface area contributed by atoms with Gasteiger partial charge in [0.15, 0.2) is 11.5 Å².